The molecule has 0 saturated carbocycles. The summed E-state index contributed by atoms with van der Waals surface area (Å²) in [6.07, 6.45) is 5.37. The Morgan fingerprint density at radius 3 is 2.72 bits per heavy atom. The molecular weight excluding hydrogens is 242 g/mol. The van der Waals surface area contributed by atoms with Gasteiger partial charge < -0.3 is 10.1 Å². The van der Waals surface area contributed by atoms with Crippen molar-refractivity contribution in [1.29, 1.82) is 0 Å². The molecule has 1 saturated heterocycles. The van der Waals surface area contributed by atoms with Gasteiger partial charge in [0.05, 0.1) is 5.60 Å². The fourth-order valence-electron chi connectivity index (χ4n) is 2.42. The van der Waals surface area contributed by atoms with E-state index in [4.69, 9.17) is 4.74 Å². The van der Waals surface area contributed by atoms with Gasteiger partial charge in [0.25, 0.3) is 0 Å². The fourth-order valence-corrected chi connectivity index (χ4v) is 2.83. The molecule has 3 heteroatoms. The quantitative estimate of drug-likeness (QED) is 0.826. The summed E-state index contributed by atoms with van der Waals surface area (Å²) in [6, 6.07) is 9.22. The van der Waals surface area contributed by atoms with Crippen molar-refractivity contribution in [2.75, 3.05) is 18.2 Å². The molecule has 1 aromatic rings. The average molecular weight is 265 g/mol. The molecule has 2 atom stereocenters. The summed E-state index contributed by atoms with van der Waals surface area (Å²) >= 11 is 1.78. The van der Waals surface area contributed by atoms with Crippen LogP contribution in [0.25, 0.3) is 0 Å². The van der Waals surface area contributed by atoms with E-state index in [1.54, 1.807) is 11.8 Å². The third kappa shape index (κ3) is 3.42. The molecule has 100 valence electrons. The van der Waals surface area contributed by atoms with Crippen LogP contribution < -0.4 is 5.32 Å². The number of benzene rings is 1. The van der Waals surface area contributed by atoms with Crippen molar-refractivity contribution >= 4 is 17.4 Å². The van der Waals surface area contributed by atoms with E-state index in [0.717, 1.165) is 25.9 Å². The molecule has 0 radical (unpaired) electrons. The first-order chi connectivity index (χ1) is 8.65. The minimum atomic E-state index is 0.0507. The molecule has 2 rings (SSSR count). The minimum Gasteiger partial charge on any atom is -0.382 e. The average Bonchev–Trinajstić information content (AvgIpc) is 2.40. The van der Waals surface area contributed by atoms with E-state index < -0.39 is 0 Å². The van der Waals surface area contributed by atoms with Crippen LogP contribution in [0, 0.1) is 0 Å². The molecule has 0 aliphatic carbocycles. The molecule has 1 aromatic carbocycles. The van der Waals surface area contributed by atoms with Crippen LogP contribution in [0.5, 0.6) is 0 Å². The minimum absolute atomic E-state index is 0.0507. The van der Waals surface area contributed by atoms with E-state index in [9.17, 15) is 0 Å². The Morgan fingerprint density at radius 2 is 2.11 bits per heavy atom. The van der Waals surface area contributed by atoms with E-state index in [1.165, 1.54) is 10.6 Å². The van der Waals surface area contributed by atoms with E-state index in [2.05, 4.69) is 49.7 Å². The topological polar surface area (TPSA) is 21.3 Å². The lowest BCUT2D eigenvalue weighted by Crippen LogP contribution is -2.41. The first-order valence-electron chi connectivity index (χ1n) is 6.70. The van der Waals surface area contributed by atoms with Crippen LogP contribution in [0.1, 0.15) is 33.1 Å². The largest absolute Gasteiger partial charge is 0.382 e. The normalized spacial score (nSPS) is 28.1. The molecule has 1 fully saturated rings. The summed E-state index contributed by atoms with van der Waals surface area (Å²) in [6.45, 7) is 5.29. The van der Waals surface area contributed by atoms with Gasteiger partial charge in [-0.25, -0.2) is 0 Å². The van der Waals surface area contributed by atoms with Gasteiger partial charge in [0.15, 0.2) is 0 Å². The van der Waals surface area contributed by atoms with Gasteiger partial charge in [-0.3, -0.25) is 0 Å². The first kappa shape index (κ1) is 13.8. The molecule has 1 aliphatic heterocycles. The predicted molar refractivity (Wildman–Crippen MR) is 79.5 cm³/mol. The second-order valence-corrected chi connectivity index (χ2v) is 6.09. The highest BCUT2D eigenvalue weighted by molar-refractivity contribution is 7.98. The highest BCUT2D eigenvalue weighted by atomic mass is 32.2. The van der Waals surface area contributed by atoms with Gasteiger partial charge in [-0.15, -0.1) is 11.8 Å². The molecule has 18 heavy (non-hydrogen) atoms. The highest BCUT2D eigenvalue weighted by Crippen LogP contribution is 2.29. The number of nitrogens with one attached hydrogen (secondary N) is 1. The summed E-state index contributed by atoms with van der Waals surface area (Å²) in [5, 5.41) is 3.63. The second-order valence-electron chi connectivity index (χ2n) is 5.21. The van der Waals surface area contributed by atoms with Crippen LogP contribution in [0.3, 0.4) is 0 Å². The van der Waals surface area contributed by atoms with Crippen LogP contribution in [0.2, 0.25) is 0 Å². The molecule has 1 heterocycles. The van der Waals surface area contributed by atoms with E-state index in [0.29, 0.717) is 6.04 Å². The summed E-state index contributed by atoms with van der Waals surface area (Å²) in [7, 11) is 0. The Labute approximate surface area is 114 Å². The van der Waals surface area contributed by atoms with Crippen LogP contribution in [-0.2, 0) is 4.74 Å². The third-order valence-corrected chi connectivity index (χ3v) is 4.55. The SMILES string of the molecule is CCC1(C)CC(Nc2ccc(SC)cc2)CCO1. The summed E-state index contributed by atoms with van der Waals surface area (Å²) < 4.78 is 5.88. The maximum Gasteiger partial charge on any atom is 0.0671 e. The standard InChI is InChI=1S/C15H23NOS/c1-4-15(2)11-13(9-10-17-15)16-12-5-7-14(18-3)8-6-12/h5-8,13,16H,4,9-11H2,1-3H3. The van der Waals surface area contributed by atoms with Crippen molar-refractivity contribution in [2.45, 2.75) is 49.6 Å². The lowest BCUT2D eigenvalue weighted by molar-refractivity contribution is -0.0708. The van der Waals surface area contributed by atoms with Gasteiger partial charge in [-0.05, 0) is 56.7 Å². The molecular formula is C15H23NOS. The smallest absolute Gasteiger partial charge is 0.0671 e. The Hall–Kier alpha value is -0.670. The van der Waals surface area contributed by atoms with Crippen molar-refractivity contribution in [3.05, 3.63) is 24.3 Å². The van der Waals surface area contributed by atoms with Gasteiger partial charge in [0, 0.05) is 23.2 Å². The zero-order valence-corrected chi connectivity index (χ0v) is 12.3. The molecule has 2 unspecified atom stereocenters. The summed E-state index contributed by atoms with van der Waals surface area (Å²) in [5.41, 5.74) is 1.27. The highest BCUT2D eigenvalue weighted by Gasteiger charge is 2.31. The van der Waals surface area contributed by atoms with Crippen LogP contribution in [0.15, 0.2) is 29.2 Å². The lowest BCUT2D eigenvalue weighted by Gasteiger charge is -2.38. The number of thioether (sulfide) groups is 1. The molecule has 0 bridgehead atoms. The number of hydrogen-bond donors (Lipinski definition) is 1. The van der Waals surface area contributed by atoms with E-state index in [1.807, 2.05) is 0 Å². The first-order valence-corrected chi connectivity index (χ1v) is 7.92. The van der Waals surface area contributed by atoms with E-state index in [-0.39, 0.29) is 5.60 Å². The Morgan fingerprint density at radius 1 is 1.39 bits per heavy atom. The van der Waals surface area contributed by atoms with Gasteiger partial charge in [0.2, 0.25) is 0 Å². The maximum absolute atomic E-state index is 5.88. The number of ether oxygens (including phenoxy) is 1. The maximum atomic E-state index is 5.88. The molecule has 0 amide bonds. The zero-order chi connectivity index (χ0) is 13.0. The fraction of sp³-hybridized carbons (Fsp3) is 0.600. The van der Waals surface area contributed by atoms with Gasteiger partial charge in [-0.1, -0.05) is 6.92 Å². The van der Waals surface area contributed by atoms with Gasteiger partial charge >= 0.3 is 0 Å². The molecule has 0 spiro atoms. The number of anilines is 1. The van der Waals surface area contributed by atoms with Crippen LogP contribution in [0.4, 0.5) is 5.69 Å². The molecule has 1 N–H and O–H groups in total. The Kier molecular flexibility index (Phi) is 4.57. The van der Waals surface area contributed by atoms with Gasteiger partial charge in [0.1, 0.15) is 0 Å². The molecule has 1 aliphatic rings. The second kappa shape index (κ2) is 5.98. The van der Waals surface area contributed by atoms with Crippen molar-refractivity contribution < 1.29 is 4.74 Å². The van der Waals surface area contributed by atoms with E-state index >= 15 is 0 Å². The third-order valence-electron chi connectivity index (χ3n) is 3.80. The monoisotopic (exact) mass is 265 g/mol. The molecule has 2 nitrogen and oxygen atoms in total. The Bertz CT molecular complexity index is 379. The lowest BCUT2D eigenvalue weighted by atomic mass is 9.90. The molecule has 0 aromatic heterocycles. The number of rotatable bonds is 4. The number of hydrogen-bond acceptors (Lipinski definition) is 3. The Balaban J connectivity index is 1.96. The van der Waals surface area contributed by atoms with Crippen LogP contribution >= 0.6 is 11.8 Å². The van der Waals surface area contributed by atoms with Crippen LogP contribution in [-0.4, -0.2) is 24.5 Å². The predicted octanol–water partition coefficient (Wildman–Crippen LogP) is 4.17. The van der Waals surface area contributed by atoms with Crippen molar-refractivity contribution in [1.82, 2.24) is 0 Å². The van der Waals surface area contributed by atoms with Crippen molar-refractivity contribution in [3.63, 3.8) is 0 Å². The van der Waals surface area contributed by atoms with Crippen molar-refractivity contribution in [3.8, 4) is 0 Å². The summed E-state index contributed by atoms with van der Waals surface area (Å²) in [4.78, 5) is 1.31. The van der Waals surface area contributed by atoms with Crippen molar-refractivity contribution in [2.24, 2.45) is 0 Å². The van der Waals surface area contributed by atoms with Gasteiger partial charge in [-0.2, -0.15) is 0 Å². The summed E-state index contributed by atoms with van der Waals surface area (Å²) in [5.74, 6) is 0. The zero-order valence-electron chi connectivity index (χ0n) is 11.5.